The van der Waals surface area contributed by atoms with E-state index in [-0.39, 0.29) is 31.2 Å². The van der Waals surface area contributed by atoms with Gasteiger partial charge < -0.3 is 4.74 Å². The molecular formula is C17H11F2N3O6S2. The van der Waals surface area contributed by atoms with Gasteiger partial charge in [0, 0.05) is 17.7 Å². The maximum atomic E-state index is 12.6. The maximum Gasteiger partial charge on any atom is 0.387 e. The topological polar surface area (TPSA) is 128 Å². The van der Waals surface area contributed by atoms with Gasteiger partial charge in [-0.1, -0.05) is 11.3 Å². The van der Waals surface area contributed by atoms with Crippen LogP contribution >= 0.6 is 11.3 Å². The first-order chi connectivity index (χ1) is 14.2. The molecule has 2 aromatic carbocycles. The summed E-state index contributed by atoms with van der Waals surface area (Å²) in [6.07, 6.45) is 1.05. The summed E-state index contributed by atoms with van der Waals surface area (Å²) in [5.41, 5.74) is -0.136. The Hall–Kier alpha value is -3.45. The van der Waals surface area contributed by atoms with Crippen molar-refractivity contribution in [2.75, 3.05) is 5.32 Å². The van der Waals surface area contributed by atoms with Crippen LogP contribution in [0.3, 0.4) is 0 Å². The lowest BCUT2D eigenvalue weighted by molar-refractivity contribution is -0.384. The van der Waals surface area contributed by atoms with Crippen molar-refractivity contribution in [1.29, 1.82) is 0 Å². The molecule has 30 heavy (non-hydrogen) atoms. The number of halogens is 2. The van der Waals surface area contributed by atoms with E-state index in [1.54, 1.807) is 0 Å². The Labute approximate surface area is 172 Å². The molecule has 1 N–H and O–H groups in total. The van der Waals surface area contributed by atoms with E-state index in [9.17, 15) is 32.1 Å². The van der Waals surface area contributed by atoms with E-state index in [0.29, 0.717) is 11.3 Å². The molecule has 0 aliphatic rings. The molecule has 1 aromatic heterocycles. The van der Waals surface area contributed by atoms with Crippen LogP contribution in [0, 0.1) is 10.1 Å². The number of ether oxygens (including phenoxy) is 1. The van der Waals surface area contributed by atoms with E-state index in [1.165, 1.54) is 24.3 Å². The molecule has 13 heteroatoms. The van der Waals surface area contributed by atoms with Crippen molar-refractivity contribution in [3.05, 3.63) is 70.4 Å². The van der Waals surface area contributed by atoms with Crippen molar-refractivity contribution < 1.29 is 31.7 Å². The molecule has 3 aromatic rings. The zero-order valence-electron chi connectivity index (χ0n) is 14.7. The van der Waals surface area contributed by atoms with Crippen molar-refractivity contribution in [2.45, 2.75) is 15.7 Å². The lowest BCUT2D eigenvalue weighted by Gasteiger charge is -2.05. The van der Waals surface area contributed by atoms with Crippen molar-refractivity contribution >= 4 is 37.9 Å². The number of nitrogens with one attached hydrogen (secondary N) is 1. The minimum Gasteiger partial charge on any atom is -0.435 e. The van der Waals surface area contributed by atoms with Crippen LogP contribution in [0.4, 0.5) is 19.6 Å². The molecule has 9 nitrogen and oxygen atoms in total. The number of carbonyl (C=O) groups excluding carboxylic acids is 1. The van der Waals surface area contributed by atoms with Crippen molar-refractivity contribution in [3.63, 3.8) is 0 Å². The number of amides is 1. The second kappa shape index (κ2) is 8.51. The Morgan fingerprint density at radius 2 is 1.77 bits per heavy atom. The molecule has 0 unspecified atom stereocenters. The summed E-state index contributed by atoms with van der Waals surface area (Å²) in [4.78, 5) is 26.0. The summed E-state index contributed by atoms with van der Waals surface area (Å²) < 4.78 is 53.6. The fourth-order valence-electron chi connectivity index (χ4n) is 2.26. The van der Waals surface area contributed by atoms with Gasteiger partial charge in [0.25, 0.3) is 11.6 Å². The number of nitrogens with zero attached hydrogens (tertiary/aromatic N) is 2. The zero-order valence-corrected chi connectivity index (χ0v) is 16.3. The molecule has 0 fully saturated rings. The van der Waals surface area contributed by atoms with Crippen LogP contribution < -0.4 is 10.1 Å². The lowest BCUT2D eigenvalue weighted by atomic mass is 10.2. The summed E-state index contributed by atoms with van der Waals surface area (Å²) in [5, 5.41) is 13.1. The minimum atomic E-state index is -3.98. The summed E-state index contributed by atoms with van der Waals surface area (Å²) in [6, 6.07) is 9.24. The van der Waals surface area contributed by atoms with Gasteiger partial charge in [-0.05, 0) is 36.4 Å². The third-order valence-electron chi connectivity index (χ3n) is 3.67. The zero-order chi connectivity index (χ0) is 21.9. The predicted molar refractivity (Wildman–Crippen MR) is 102 cm³/mol. The molecule has 0 saturated heterocycles. The molecule has 3 rings (SSSR count). The Balaban J connectivity index is 1.73. The summed E-state index contributed by atoms with van der Waals surface area (Å²) >= 11 is 0.691. The van der Waals surface area contributed by atoms with Crippen LogP contribution in [0.1, 0.15) is 10.4 Å². The SMILES string of the molecule is O=C(Nc1ncc(S(=O)(=O)c2ccc([N+](=O)[O-])cc2)s1)c1ccc(OC(F)F)cc1. The van der Waals surface area contributed by atoms with Gasteiger partial charge in [0.2, 0.25) is 9.84 Å². The number of alkyl halides is 2. The molecule has 0 radical (unpaired) electrons. The highest BCUT2D eigenvalue weighted by Gasteiger charge is 2.22. The summed E-state index contributed by atoms with van der Waals surface area (Å²) in [6.45, 7) is -2.99. The van der Waals surface area contributed by atoms with Gasteiger partial charge in [0.05, 0.1) is 16.0 Å². The van der Waals surface area contributed by atoms with Crippen LogP contribution in [-0.2, 0) is 9.84 Å². The average Bonchev–Trinajstić information content (AvgIpc) is 3.17. The number of nitro benzene ring substituents is 1. The third kappa shape index (κ3) is 4.75. The highest BCUT2D eigenvalue weighted by molar-refractivity contribution is 7.93. The van der Waals surface area contributed by atoms with E-state index >= 15 is 0 Å². The predicted octanol–water partition coefficient (Wildman–Crippen LogP) is 3.74. The number of sulfone groups is 1. The molecule has 0 aliphatic carbocycles. The Bertz CT molecular complexity index is 1180. The molecule has 1 amide bonds. The first-order valence-electron chi connectivity index (χ1n) is 7.98. The smallest absolute Gasteiger partial charge is 0.387 e. The Morgan fingerprint density at radius 3 is 2.33 bits per heavy atom. The molecule has 1 heterocycles. The lowest BCUT2D eigenvalue weighted by Crippen LogP contribution is -2.11. The monoisotopic (exact) mass is 455 g/mol. The fourth-order valence-corrected chi connectivity index (χ4v) is 4.69. The van der Waals surface area contributed by atoms with Gasteiger partial charge >= 0.3 is 6.61 Å². The third-order valence-corrected chi connectivity index (χ3v) is 6.81. The second-order valence-corrected chi connectivity index (χ2v) is 8.80. The van der Waals surface area contributed by atoms with E-state index in [1.807, 2.05) is 0 Å². The van der Waals surface area contributed by atoms with Crippen LogP contribution in [0.2, 0.25) is 0 Å². The van der Waals surface area contributed by atoms with Crippen LogP contribution in [-0.4, -0.2) is 30.8 Å². The molecule has 156 valence electrons. The number of carbonyl (C=O) groups is 1. The molecule has 0 spiro atoms. The molecule has 0 aliphatic heterocycles. The van der Waals surface area contributed by atoms with E-state index in [2.05, 4.69) is 15.0 Å². The van der Waals surface area contributed by atoms with Gasteiger partial charge in [-0.3, -0.25) is 20.2 Å². The minimum absolute atomic E-state index is 0.00612. The van der Waals surface area contributed by atoms with Crippen LogP contribution in [0.5, 0.6) is 5.75 Å². The van der Waals surface area contributed by atoms with Crippen LogP contribution in [0.25, 0.3) is 0 Å². The number of rotatable bonds is 7. The Morgan fingerprint density at radius 1 is 1.13 bits per heavy atom. The number of thiazole rings is 1. The fraction of sp³-hybridized carbons (Fsp3) is 0.0588. The summed E-state index contributed by atoms with van der Waals surface area (Å²) in [5.74, 6) is -0.750. The molecule has 0 bridgehead atoms. The van der Waals surface area contributed by atoms with Gasteiger partial charge in [-0.2, -0.15) is 8.78 Å². The highest BCUT2D eigenvalue weighted by atomic mass is 32.2. The number of non-ortho nitro benzene ring substituents is 1. The van der Waals surface area contributed by atoms with Crippen molar-refractivity contribution in [3.8, 4) is 5.75 Å². The summed E-state index contributed by atoms with van der Waals surface area (Å²) in [7, 11) is -3.98. The number of nitro groups is 1. The second-order valence-electron chi connectivity index (χ2n) is 5.60. The van der Waals surface area contributed by atoms with E-state index < -0.39 is 27.3 Å². The normalized spacial score (nSPS) is 11.3. The van der Waals surface area contributed by atoms with Crippen molar-refractivity contribution in [2.24, 2.45) is 0 Å². The van der Waals surface area contributed by atoms with Gasteiger partial charge in [-0.15, -0.1) is 0 Å². The molecule has 0 saturated carbocycles. The highest BCUT2D eigenvalue weighted by Crippen LogP contribution is 2.29. The first kappa shape index (κ1) is 21.3. The Kier molecular flexibility index (Phi) is 6.03. The standard InChI is InChI=1S/C17H11F2N3O6S2/c18-16(19)28-12-5-1-10(2-6-12)15(23)21-17-20-9-14(29-17)30(26,27)13-7-3-11(4-8-13)22(24)25/h1-9,16H,(H,20,21,23). The van der Waals surface area contributed by atoms with Gasteiger partial charge in [-0.25, -0.2) is 13.4 Å². The van der Waals surface area contributed by atoms with E-state index in [4.69, 9.17) is 0 Å². The van der Waals surface area contributed by atoms with Gasteiger partial charge in [0.1, 0.15) is 9.96 Å². The first-order valence-corrected chi connectivity index (χ1v) is 10.3. The van der Waals surface area contributed by atoms with Crippen molar-refractivity contribution in [1.82, 2.24) is 4.98 Å². The van der Waals surface area contributed by atoms with Crippen LogP contribution in [0.15, 0.2) is 63.8 Å². The largest absolute Gasteiger partial charge is 0.435 e. The maximum absolute atomic E-state index is 12.6. The molecule has 0 atom stereocenters. The van der Waals surface area contributed by atoms with E-state index in [0.717, 1.165) is 30.5 Å². The number of benzene rings is 2. The number of hydrogen-bond donors (Lipinski definition) is 1. The van der Waals surface area contributed by atoms with Gasteiger partial charge in [0.15, 0.2) is 5.13 Å². The molecular weight excluding hydrogens is 444 g/mol. The number of anilines is 1. The number of hydrogen-bond acceptors (Lipinski definition) is 8. The average molecular weight is 455 g/mol. The quantitative estimate of drug-likeness (QED) is 0.424. The number of aromatic nitrogens is 1.